The largest absolute Gasteiger partial charge is 0.495 e. The Balaban J connectivity index is 1.93. The van der Waals surface area contributed by atoms with Crippen LogP contribution in [0.25, 0.3) is 0 Å². The van der Waals surface area contributed by atoms with Crippen molar-refractivity contribution in [2.75, 3.05) is 40.0 Å². The summed E-state index contributed by atoms with van der Waals surface area (Å²) in [5, 5.41) is 0. The van der Waals surface area contributed by atoms with Crippen molar-refractivity contribution in [1.29, 1.82) is 0 Å². The van der Waals surface area contributed by atoms with E-state index in [0.717, 1.165) is 11.1 Å². The van der Waals surface area contributed by atoms with Gasteiger partial charge in [0.2, 0.25) is 15.9 Å². The van der Waals surface area contributed by atoms with E-state index in [1.165, 1.54) is 11.4 Å². The summed E-state index contributed by atoms with van der Waals surface area (Å²) in [5.74, 6) is 0.190. The van der Waals surface area contributed by atoms with Crippen molar-refractivity contribution in [1.82, 2.24) is 9.21 Å². The highest BCUT2D eigenvalue weighted by Gasteiger charge is 2.42. The predicted octanol–water partition coefficient (Wildman–Crippen LogP) is 1.32. The molecule has 2 fully saturated rings. The van der Waals surface area contributed by atoms with Gasteiger partial charge in [-0.2, -0.15) is 4.31 Å². The smallest absolute Gasteiger partial charge is 0.247 e. The number of rotatable bonds is 4. The zero-order valence-electron chi connectivity index (χ0n) is 15.5. The Hall–Kier alpha value is -1.64. The first kappa shape index (κ1) is 19.1. The van der Waals surface area contributed by atoms with Crippen molar-refractivity contribution >= 4 is 15.9 Å². The second-order valence-corrected chi connectivity index (χ2v) is 8.66. The molecule has 3 rings (SSSR count). The van der Waals surface area contributed by atoms with Gasteiger partial charge < -0.3 is 14.4 Å². The molecule has 0 unspecified atom stereocenters. The minimum Gasteiger partial charge on any atom is -0.495 e. The molecule has 2 saturated heterocycles. The van der Waals surface area contributed by atoms with Gasteiger partial charge in [0.05, 0.1) is 20.3 Å². The third-order valence-corrected chi connectivity index (χ3v) is 7.11. The fraction of sp³-hybridized carbons (Fsp3) is 0.611. The van der Waals surface area contributed by atoms with Crippen molar-refractivity contribution in [3.05, 3.63) is 23.3 Å². The van der Waals surface area contributed by atoms with Crippen LogP contribution in [-0.2, 0) is 19.6 Å². The summed E-state index contributed by atoms with van der Waals surface area (Å²) < 4.78 is 38.6. The van der Waals surface area contributed by atoms with Crippen LogP contribution in [0.5, 0.6) is 5.75 Å². The summed E-state index contributed by atoms with van der Waals surface area (Å²) in [5.41, 5.74) is 1.84. The fourth-order valence-electron chi connectivity index (χ4n) is 3.52. The van der Waals surface area contributed by atoms with Gasteiger partial charge >= 0.3 is 0 Å². The molecule has 8 heteroatoms. The molecule has 0 spiro atoms. The van der Waals surface area contributed by atoms with Gasteiger partial charge in [-0.15, -0.1) is 0 Å². The van der Waals surface area contributed by atoms with E-state index in [1.54, 1.807) is 17.0 Å². The van der Waals surface area contributed by atoms with Crippen LogP contribution in [0.3, 0.4) is 0 Å². The molecule has 2 aliphatic rings. The van der Waals surface area contributed by atoms with E-state index >= 15 is 0 Å². The second kappa shape index (κ2) is 7.54. The number of ether oxygens (including phenoxy) is 2. The highest BCUT2D eigenvalue weighted by molar-refractivity contribution is 7.89. The third kappa shape index (κ3) is 3.45. The van der Waals surface area contributed by atoms with Crippen LogP contribution < -0.4 is 4.74 Å². The Kier molecular flexibility index (Phi) is 5.55. The number of hydrogen-bond donors (Lipinski definition) is 0. The Labute approximate surface area is 154 Å². The molecular formula is C18H26N2O5S. The topological polar surface area (TPSA) is 76.2 Å². The normalized spacial score (nSPS) is 21.8. The number of carbonyl (C=O) groups is 1. The zero-order chi connectivity index (χ0) is 18.9. The number of sulfonamides is 1. The van der Waals surface area contributed by atoms with Gasteiger partial charge in [0.15, 0.2) is 0 Å². The highest BCUT2D eigenvalue weighted by atomic mass is 32.2. The van der Waals surface area contributed by atoms with Crippen LogP contribution in [0, 0.1) is 13.8 Å². The fourth-order valence-corrected chi connectivity index (χ4v) is 5.39. The number of amides is 1. The minimum atomic E-state index is -3.82. The highest BCUT2D eigenvalue weighted by Crippen LogP contribution is 2.34. The van der Waals surface area contributed by atoms with Crippen molar-refractivity contribution < 1.29 is 22.7 Å². The summed E-state index contributed by atoms with van der Waals surface area (Å²) in [6.07, 6.45) is 1.22. The Morgan fingerprint density at radius 2 is 1.81 bits per heavy atom. The quantitative estimate of drug-likeness (QED) is 0.785. The molecule has 1 atom stereocenters. The van der Waals surface area contributed by atoms with Crippen LogP contribution in [0.1, 0.15) is 24.0 Å². The summed E-state index contributed by atoms with van der Waals surface area (Å²) in [6, 6.07) is 2.72. The summed E-state index contributed by atoms with van der Waals surface area (Å²) >= 11 is 0. The maximum Gasteiger partial charge on any atom is 0.247 e. The molecule has 0 saturated carbocycles. The molecule has 7 nitrogen and oxygen atoms in total. The lowest BCUT2D eigenvalue weighted by atomic mass is 10.1. The maximum atomic E-state index is 13.3. The van der Waals surface area contributed by atoms with Gasteiger partial charge in [-0.25, -0.2) is 8.42 Å². The SMILES string of the molecule is COc1cc(C)c(C)cc1S(=O)(=O)N1CCC[C@H]1C(=O)N1CCOCC1. The monoisotopic (exact) mass is 382 g/mol. The van der Waals surface area contributed by atoms with E-state index < -0.39 is 16.1 Å². The van der Waals surface area contributed by atoms with E-state index in [1.807, 2.05) is 13.8 Å². The van der Waals surface area contributed by atoms with Crippen molar-refractivity contribution in [2.45, 2.75) is 37.6 Å². The minimum absolute atomic E-state index is 0.128. The summed E-state index contributed by atoms with van der Waals surface area (Å²) in [7, 11) is -2.36. The number of carbonyl (C=O) groups excluding carboxylic acids is 1. The van der Waals surface area contributed by atoms with Crippen molar-refractivity contribution in [3.8, 4) is 5.75 Å². The van der Waals surface area contributed by atoms with Crippen molar-refractivity contribution in [3.63, 3.8) is 0 Å². The zero-order valence-corrected chi connectivity index (χ0v) is 16.3. The molecule has 0 aromatic heterocycles. The van der Waals surface area contributed by atoms with Crippen LogP contribution in [0.15, 0.2) is 17.0 Å². The van der Waals surface area contributed by atoms with E-state index in [4.69, 9.17) is 9.47 Å². The Bertz CT molecular complexity index is 787. The lowest BCUT2D eigenvalue weighted by Gasteiger charge is -2.32. The number of aryl methyl sites for hydroxylation is 2. The Morgan fingerprint density at radius 3 is 2.46 bits per heavy atom. The average molecular weight is 382 g/mol. The number of nitrogens with zero attached hydrogens (tertiary/aromatic N) is 2. The molecule has 1 amide bonds. The van der Waals surface area contributed by atoms with Gasteiger partial charge in [0.1, 0.15) is 16.7 Å². The third-order valence-electron chi connectivity index (χ3n) is 5.18. The first-order valence-electron chi connectivity index (χ1n) is 8.90. The van der Waals surface area contributed by atoms with E-state index in [9.17, 15) is 13.2 Å². The number of hydrogen-bond acceptors (Lipinski definition) is 5. The lowest BCUT2D eigenvalue weighted by Crippen LogP contribution is -2.51. The van der Waals surface area contributed by atoms with Crippen LogP contribution >= 0.6 is 0 Å². The van der Waals surface area contributed by atoms with Gasteiger partial charge in [-0.3, -0.25) is 4.79 Å². The van der Waals surface area contributed by atoms with Gasteiger partial charge in [0, 0.05) is 19.6 Å². The first-order valence-corrected chi connectivity index (χ1v) is 10.3. The van der Waals surface area contributed by atoms with Crippen LogP contribution in [0.2, 0.25) is 0 Å². The van der Waals surface area contributed by atoms with E-state index in [2.05, 4.69) is 0 Å². The molecular weight excluding hydrogens is 356 g/mol. The van der Waals surface area contributed by atoms with Gasteiger partial charge in [0.25, 0.3) is 0 Å². The first-order chi connectivity index (χ1) is 12.4. The predicted molar refractivity (Wildman–Crippen MR) is 96.8 cm³/mol. The van der Waals surface area contributed by atoms with E-state index in [-0.39, 0.29) is 10.8 Å². The molecule has 0 bridgehead atoms. The molecule has 1 aromatic rings. The summed E-state index contributed by atoms with van der Waals surface area (Å²) in [4.78, 5) is 14.7. The number of morpholine rings is 1. The van der Waals surface area contributed by atoms with Crippen LogP contribution in [-0.4, -0.2) is 69.5 Å². The molecule has 0 aliphatic carbocycles. The van der Waals surface area contributed by atoms with Gasteiger partial charge in [-0.1, -0.05) is 0 Å². The molecule has 1 aromatic carbocycles. The average Bonchev–Trinajstić information content (AvgIpc) is 3.14. The lowest BCUT2D eigenvalue weighted by molar-refractivity contribution is -0.138. The molecule has 2 aliphatic heterocycles. The second-order valence-electron chi connectivity index (χ2n) is 6.80. The molecule has 0 N–H and O–H groups in total. The molecule has 2 heterocycles. The van der Waals surface area contributed by atoms with Crippen LogP contribution in [0.4, 0.5) is 0 Å². The number of methoxy groups -OCH3 is 1. The Morgan fingerprint density at radius 1 is 1.15 bits per heavy atom. The number of benzene rings is 1. The molecule has 144 valence electrons. The van der Waals surface area contributed by atoms with E-state index in [0.29, 0.717) is 51.4 Å². The van der Waals surface area contributed by atoms with Gasteiger partial charge in [-0.05, 0) is 49.9 Å². The molecule has 0 radical (unpaired) electrons. The molecule has 26 heavy (non-hydrogen) atoms. The summed E-state index contributed by atoms with van der Waals surface area (Å²) in [6.45, 7) is 6.14. The standard InChI is InChI=1S/C18H26N2O5S/c1-13-11-16(24-3)17(12-14(13)2)26(22,23)20-6-4-5-15(20)18(21)19-7-9-25-10-8-19/h11-12,15H,4-10H2,1-3H3/t15-/m0/s1. The van der Waals surface area contributed by atoms with Crippen molar-refractivity contribution in [2.24, 2.45) is 0 Å². The maximum absolute atomic E-state index is 13.3.